The number of rotatable bonds is 6. The van der Waals surface area contributed by atoms with Crippen molar-refractivity contribution in [3.8, 4) is 11.5 Å². The minimum absolute atomic E-state index is 0.188. The number of urea groups is 1. The Kier molecular flexibility index (Phi) is 5.57. The van der Waals surface area contributed by atoms with Gasteiger partial charge in [-0.3, -0.25) is 0 Å². The van der Waals surface area contributed by atoms with E-state index < -0.39 is 0 Å². The van der Waals surface area contributed by atoms with E-state index in [1.807, 2.05) is 67.6 Å². The fourth-order valence-electron chi connectivity index (χ4n) is 4.45. The molecule has 0 saturated heterocycles. The quantitative estimate of drug-likeness (QED) is 0.391. The molecule has 0 spiro atoms. The van der Waals surface area contributed by atoms with Crippen molar-refractivity contribution in [3.63, 3.8) is 0 Å². The van der Waals surface area contributed by atoms with Crippen molar-refractivity contribution in [1.29, 1.82) is 0 Å². The fourth-order valence-corrected chi connectivity index (χ4v) is 4.45. The van der Waals surface area contributed by atoms with Crippen LogP contribution in [0.15, 0.2) is 72.8 Å². The summed E-state index contributed by atoms with van der Waals surface area (Å²) in [5.74, 6) is 1.39. The molecule has 3 aromatic carbocycles. The molecule has 2 amide bonds. The molecule has 0 radical (unpaired) electrons. The maximum atomic E-state index is 13.5. The number of amides is 2. The van der Waals surface area contributed by atoms with Crippen LogP contribution in [-0.2, 0) is 19.6 Å². The number of hydrogen-bond donors (Lipinski definition) is 1. The molecule has 0 saturated carbocycles. The third kappa shape index (κ3) is 4.26. The van der Waals surface area contributed by atoms with Gasteiger partial charge in [0, 0.05) is 24.0 Å². The average molecular weight is 481 g/mol. The minimum atomic E-state index is -0.188. The first kappa shape index (κ1) is 21.8. The maximum absolute atomic E-state index is 13.5. The number of fused-ring (bicyclic) bond motifs is 4. The number of aromatic nitrogens is 4. The van der Waals surface area contributed by atoms with Crippen molar-refractivity contribution in [1.82, 2.24) is 30.3 Å². The van der Waals surface area contributed by atoms with Gasteiger partial charge in [0.2, 0.25) is 6.79 Å². The van der Waals surface area contributed by atoms with Crippen LogP contribution in [-0.4, -0.2) is 37.8 Å². The molecule has 5 aromatic rings. The van der Waals surface area contributed by atoms with E-state index >= 15 is 0 Å². The summed E-state index contributed by atoms with van der Waals surface area (Å²) < 4.78 is 12.7. The van der Waals surface area contributed by atoms with E-state index in [2.05, 4.69) is 33.0 Å². The largest absolute Gasteiger partial charge is 0.454 e. The molecule has 3 heterocycles. The van der Waals surface area contributed by atoms with Crippen LogP contribution in [0.25, 0.3) is 16.6 Å². The van der Waals surface area contributed by atoms with Crippen LogP contribution in [0.3, 0.4) is 0 Å². The third-order valence-corrected chi connectivity index (χ3v) is 6.24. The van der Waals surface area contributed by atoms with Crippen LogP contribution < -0.4 is 14.8 Å². The fraction of sp³-hybridized carbons (Fsp3) is 0.185. The molecule has 36 heavy (non-hydrogen) atoms. The molecule has 0 aliphatic carbocycles. The van der Waals surface area contributed by atoms with Gasteiger partial charge in [-0.25, -0.2) is 4.79 Å². The number of nitrogens with one attached hydrogen (secondary N) is 1. The van der Waals surface area contributed by atoms with Gasteiger partial charge in [-0.2, -0.15) is 4.52 Å². The van der Waals surface area contributed by atoms with E-state index in [1.165, 1.54) is 0 Å². The predicted molar refractivity (Wildman–Crippen MR) is 134 cm³/mol. The number of carbonyl (C=O) groups is 1. The molecular formula is C27H24N6O3. The summed E-state index contributed by atoms with van der Waals surface area (Å²) in [5, 5.41) is 16.4. The van der Waals surface area contributed by atoms with Crippen LogP contribution in [0.5, 0.6) is 11.5 Å². The number of pyridine rings is 1. The van der Waals surface area contributed by atoms with Crippen molar-refractivity contribution in [3.05, 3.63) is 95.1 Å². The molecular weight excluding hydrogens is 456 g/mol. The molecule has 9 heteroatoms. The van der Waals surface area contributed by atoms with Crippen LogP contribution >= 0.6 is 0 Å². The highest BCUT2D eigenvalue weighted by atomic mass is 16.7. The standard InChI is InChI=1S/C27H24N6O3/c1-18-7-9-23-21(11-18)13-22(26-29-30-31-33(23)26)16-32(27(34)28-14-19-5-3-2-4-6-19)15-20-8-10-24-25(12-20)36-17-35-24/h2-13H,14-17H2,1H3,(H,28,34). The highest BCUT2D eigenvalue weighted by Crippen LogP contribution is 2.33. The van der Waals surface area contributed by atoms with Gasteiger partial charge >= 0.3 is 6.03 Å². The van der Waals surface area contributed by atoms with Crippen molar-refractivity contribution < 1.29 is 14.3 Å². The molecule has 6 rings (SSSR count). The molecule has 2 aromatic heterocycles. The zero-order valence-electron chi connectivity index (χ0n) is 19.7. The number of nitrogens with zero attached hydrogens (tertiary/aromatic N) is 5. The Hall–Kier alpha value is -4.66. The summed E-state index contributed by atoms with van der Waals surface area (Å²) in [6, 6.07) is 23.6. The lowest BCUT2D eigenvalue weighted by Crippen LogP contribution is -2.38. The molecule has 0 unspecified atom stereocenters. The Labute approximate surface area is 207 Å². The summed E-state index contributed by atoms with van der Waals surface area (Å²) in [6.45, 7) is 3.37. The smallest absolute Gasteiger partial charge is 0.318 e. The van der Waals surface area contributed by atoms with Gasteiger partial charge in [-0.05, 0) is 58.8 Å². The number of tetrazole rings is 1. The first-order chi connectivity index (χ1) is 17.6. The SMILES string of the molecule is Cc1ccc2c(c1)cc(CN(Cc1ccc3c(c1)OCO3)C(=O)NCc1ccccc1)c1nnnn12. The second kappa shape index (κ2) is 9.18. The second-order valence-corrected chi connectivity index (χ2v) is 8.83. The highest BCUT2D eigenvalue weighted by molar-refractivity contribution is 5.84. The number of ether oxygens (including phenoxy) is 2. The van der Waals surface area contributed by atoms with Crippen molar-refractivity contribution in [2.75, 3.05) is 6.79 Å². The Morgan fingerprint density at radius 2 is 1.83 bits per heavy atom. The van der Waals surface area contributed by atoms with Crippen LogP contribution in [0.4, 0.5) is 4.79 Å². The Morgan fingerprint density at radius 3 is 2.72 bits per heavy atom. The first-order valence-electron chi connectivity index (χ1n) is 11.7. The number of aryl methyl sites for hydroxylation is 1. The Bertz CT molecular complexity index is 1570. The monoisotopic (exact) mass is 480 g/mol. The second-order valence-electron chi connectivity index (χ2n) is 8.83. The lowest BCUT2D eigenvalue weighted by Gasteiger charge is -2.24. The van der Waals surface area contributed by atoms with E-state index in [0.717, 1.165) is 33.2 Å². The molecule has 1 N–H and O–H groups in total. The molecule has 180 valence electrons. The normalized spacial score (nSPS) is 12.2. The van der Waals surface area contributed by atoms with Crippen molar-refractivity contribution >= 4 is 22.6 Å². The summed E-state index contributed by atoms with van der Waals surface area (Å²) in [4.78, 5) is 15.2. The summed E-state index contributed by atoms with van der Waals surface area (Å²) in [7, 11) is 0. The van der Waals surface area contributed by atoms with Gasteiger partial charge < -0.3 is 19.7 Å². The van der Waals surface area contributed by atoms with Crippen LogP contribution in [0.1, 0.15) is 22.3 Å². The molecule has 1 aliphatic rings. The van der Waals surface area contributed by atoms with E-state index in [9.17, 15) is 4.79 Å². The Morgan fingerprint density at radius 1 is 0.972 bits per heavy atom. The van der Waals surface area contributed by atoms with E-state index in [1.54, 1.807) is 9.42 Å². The zero-order valence-corrected chi connectivity index (χ0v) is 19.7. The molecule has 0 bridgehead atoms. The number of carbonyl (C=O) groups excluding carboxylic acids is 1. The van der Waals surface area contributed by atoms with Crippen LogP contribution in [0, 0.1) is 6.92 Å². The lowest BCUT2D eigenvalue weighted by molar-refractivity contribution is 0.173. The zero-order chi connectivity index (χ0) is 24.5. The highest BCUT2D eigenvalue weighted by Gasteiger charge is 2.20. The lowest BCUT2D eigenvalue weighted by atomic mass is 10.1. The molecule has 0 fully saturated rings. The minimum Gasteiger partial charge on any atom is -0.454 e. The van der Waals surface area contributed by atoms with E-state index in [-0.39, 0.29) is 12.8 Å². The number of benzene rings is 3. The molecule has 9 nitrogen and oxygen atoms in total. The topological polar surface area (TPSA) is 93.9 Å². The number of hydrogen-bond acceptors (Lipinski definition) is 6. The van der Waals surface area contributed by atoms with E-state index in [4.69, 9.17) is 9.47 Å². The molecule has 0 atom stereocenters. The van der Waals surface area contributed by atoms with E-state index in [0.29, 0.717) is 36.8 Å². The van der Waals surface area contributed by atoms with Crippen molar-refractivity contribution in [2.24, 2.45) is 0 Å². The molecule has 1 aliphatic heterocycles. The average Bonchev–Trinajstić information content (AvgIpc) is 3.57. The first-order valence-corrected chi connectivity index (χ1v) is 11.7. The van der Waals surface area contributed by atoms with Gasteiger partial charge in [0.25, 0.3) is 0 Å². The summed E-state index contributed by atoms with van der Waals surface area (Å²) in [5.41, 5.74) is 5.49. The predicted octanol–water partition coefficient (Wildman–Crippen LogP) is 4.23. The Balaban J connectivity index is 1.33. The van der Waals surface area contributed by atoms with Crippen LogP contribution in [0.2, 0.25) is 0 Å². The van der Waals surface area contributed by atoms with Gasteiger partial charge in [-0.15, -0.1) is 5.10 Å². The summed E-state index contributed by atoms with van der Waals surface area (Å²) in [6.07, 6.45) is 0. The van der Waals surface area contributed by atoms with Gasteiger partial charge in [0.15, 0.2) is 17.1 Å². The van der Waals surface area contributed by atoms with Gasteiger partial charge in [0.05, 0.1) is 12.1 Å². The third-order valence-electron chi connectivity index (χ3n) is 6.24. The van der Waals surface area contributed by atoms with Crippen molar-refractivity contribution in [2.45, 2.75) is 26.6 Å². The van der Waals surface area contributed by atoms with Gasteiger partial charge in [0.1, 0.15) is 0 Å². The van der Waals surface area contributed by atoms with Gasteiger partial charge in [-0.1, -0.05) is 48.0 Å². The maximum Gasteiger partial charge on any atom is 0.318 e. The summed E-state index contributed by atoms with van der Waals surface area (Å²) >= 11 is 0.